The smallest absolute Gasteiger partial charge is 0.330 e. The number of H-pyrrole nitrogens is 1. The molecule has 1 aromatic heterocycles. The van der Waals surface area contributed by atoms with Crippen molar-refractivity contribution >= 4 is 10.0 Å². The van der Waals surface area contributed by atoms with Gasteiger partial charge >= 0.3 is 5.69 Å². The molecule has 34 heavy (non-hydrogen) atoms. The van der Waals surface area contributed by atoms with Crippen LogP contribution in [0.15, 0.2) is 34.0 Å². The summed E-state index contributed by atoms with van der Waals surface area (Å²) >= 11 is 0. The average molecular weight is 502 g/mol. The first-order valence-electron chi connectivity index (χ1n) is 11.0. The first kappa shape index (κ1) is 26.0. The molecule has 3 rings (SSSR count). The van der Waals surface area contributed by atoms with Crippen molar-refractivity contribution in [1.82, 2.24) is 14.3 Å². The molecule has 9 nitrogen and oxygen atoms in total. The summed E-state index contributed by atoms with van der Waals surface area (Å²) in [6, 6.07) is 3.76. The number of hydrogen-bond donors (Lipinski definition) is 2. The number of sulfonamides is 1. The van der Waals surface area contributed by atoms with Crippen LogP contribution in [0.3, 0.4) is 0 Å². The molecule has 0 radical (unpaired) electrons. The molecular formula is C22H29F2N3O6S. The summed E-state index contributed by atoms with van der Waals surface area (Å²) in [5, 5.41) is 0. The molecule has 1 fully saturated rings. The van der Waals surface area contributed by atoms with Gasteiger partial charge in [-0.3, -0.25) is 14.3 Å². The highest BCUT2D eigenvalue weighted by Gasteiger charge is 2.25. The van der Waals surface area contributed by atoms with Crippen LogP contribution in [-0.2, 0) is 21.5 Å². The molecule has 2 N–H and O–H groups in total. The number of rotatable bonds is 13. The van der Waals surface area contributed by atoms with Crippen LogP contribution < -0.4 is 20.7 Å². The maximum atomic E-state index is 14.1. The maximum absolute atomic E-state index is 14.1. The van der Waals surface area contributed by atoms with Crippen LogP contribution in [0, 0.1) is 23.5 Å². The van der Waals surface area contributed by atoms with Gasteiger partial charge in [-0.1, -0.05) is 19.9 Å². The number of halogens is 2. The fraction of sp³-hybridized carbons (Fsp3) is 0.545. The lowest BCUT2D eigenvalue weighted by Gasteiger charge is -2.23. The fourth-order valence-electron chi connectivity index (χ4n) is 3.25. The van der Waals surface area contributed by atoms with Crippen molar-refractivity contribution in [1.29, 1.82) is 0 Å². The Balaban J connectivity index is 1.54. The van der Waals surface area contributed by atoms with E-state index in [0.29, 0.717) is 18.1 Å². The highest BCUT2D eigenvalue weighted by molar-refractivity contribution is 7.89. The van der Waals surface area contributed by atoms with Crippen LogP contribution in [0.4, 0.5) is 8.78 Å². The molecule has 12 heteroatoms. The zero-order valence-corrected chi connectivity index (χ0v) is 19.9. The minimum atomic E-state index is -3.72. The summed E-state index contributed by atoms with van der Waals surface area (Å²) in [5.74, 6) is -1.43. The van der Waals surface area contributed by atoms with Gasteiger partial charge in [0.05, 0.1) is 18.6 Å². The van der Waals surface area contributed by atoms with Crippen LogP contribution in [0.25, 0.3) is 0 Å². The van der Waals surface area contributed by atoms with Gasteiger partial charge in [-0.05, 0) is 48.8 Å². The maximum Gasteiger partial charge on any atom is 0.330 e. The van der Waals surface area contributed by atoms with Crippen molar-refractivity contribution in [2.24, 2.45) is 11.8 Å². The molecular weight excluding hydrogens is 472 g/mol. The van der Waals surface area contributed by atoms with E-state index in [1.807, 2.05) is 13.8 Å². The minimum absolute atomic E-state index is 0.0177. The van der Waals surface area contributed by atoms with Crippen molar-refractivity contribution in [3.05, 3.63) is 62.4 Å². The number of hydrogen-bond acceptors (Lipinski definition) is 6. The monoisotopic (exact) mass is 501 g/mol. The number of benzene rings is 1. The van der Waals surface area contributed by atoms with E-state index in [1.54, 1.807) is 4.98 Å². The number of aromatic amines is 1. The minimum Gasteiger partial charge on any atom is -0.490 e. The van der Waals surface area contributed by atoms with Gasteiger partial charge in [-0.25, -0.2) is 22.3 Å². The Hall–Kier alpha value is -2.57. The van der Waals surface area contributed by atoms with Gasteiger partial charge in [0, 0.05) is 12.6 Å². The van der Waals surface area contributed by atoms with Crippen LogP contribution in [0.1, 0.15) is 44.7 Å². The molecule has 1 aliphatic carbocycles. The van der Waals surface area contributed by atoms with Crippen LogP contribution in [-0.4, -0.2) is 36.9 Å². The molecule has 2 aromatic rings. The van der Waals surface area contributed by atoms with Gasteiger partial charge in [0.25, 0.3) is 5.56 Å². The molecule has 188 valence electrons. The molecule has 0 spiro atoms. The van der Waals surface area contributed by atoms with E-state index in [-0.39, 0.29) is 37.2 Å². The highest BCUT2D eigenvalue weighted by Crippen LogP contribution is 2.32. The van der Waals surface area contributed by atoms with Gasteiger partial charge in [0.1, 0.15) is 6.73 Å². The van der Waals surface area contributed by atoms with E-state index in [9.17, 15) is 26.8 Å². The van der Waals surface area contributed by atoms with Crippen molar-refractivity contribution in [3.8, 4) is 5.75 Å². The number of nitrogens with zero attached hydrogens (tertiary/aromatic N) is 1. The summed E-state index contributed by atoms with van der Waals surface area (Å²) in [6.45, 7) is 3.79. The Kier molecular flexibility index (Phi) is 8.61. The SMILES string of the molecule is CC(C)C(NS(=O)(=O)CCCOCn1cc(F)c(=O)[nH]c1=O)c1ccc(F)c(OCC2CC2)c1. The zero-order chi connectivity index (χ0) is 24.9. The molecule has 1 aromatic carbocycles. The Morgan fingerprint density at radius 3 is 2.62 bits per heavy atom. The molecule has 1 heterocycles. The fourth-order valence-corrected chi connectivity index (χ4v) is 4.66. The third kappa shape index (κ3) is 7.47. The van der Waals surface area contributed by atoms with E-state index in [0.717, 1.165) is 23.6 Å². The van der Waals surface area contributed by atoms with E-state index < -0.39 is 38.9 Å². The summed E-state index contributed by atoms with van der Waals surface area (Å²) < 4.78 is 67.0. The molecule has 0 aliphatic heterocycles. The Labute approximate surface area is 196 Å². The molecule has 1 aliphatic rings. The van der Waals surface area contributed by atoms with Gasteiger partial charge in [0.15, 0.2) is 11.6 Å². The van der Waals surface area contributed by atoms with Crippen molar-refractivity contribution in [3.63, 3.8) is 0 Å². The summed E-state index contributed by atoms with van der Waals surface area (Å²) in [5.41, 5.74) is -1.36. The first-order valence-corrected chi connectivity index (χ1v) is 12.7. The predicted octanol–water partition coefficient (Wildman–Crippen LogP) is 2.28. The normalized spacial score (nSPS) is 15.0. The van der Waals surface area contributed by atoms with Crippen molar-refractivity contribution in [2.45, 2.75) is 45.9 Å². The summed E-state index contributed by atoms with van der Waals surface area (Å²) in [7, 11) is -3.72. The standard InChI is InChI=1S/C22H29F2N3O6S/c1-14(2)20(16-6-7-17(23)19(10-16)33-12-15-4-5-15)26-34(30,31)9-3-8-32-13-27-11-18(24)21(28)25-22(27)29/h6-7,10-11,14-15,20,26H,3-5,8-9,12-13H2,1-2H3,(H,25,28,29). The third-order valence-corrected chi connectivity index (χ3v) is 6.80. The van der Waals surface area contributed by atoms with E-state index in [1.165, 1.54) is 18.2 Å². The summed E-state index contributed by atoms with van der Waals surface area (Å²) in [4.78, 5) is 24.4. The quantitative estimate of drug-likeness (QED) is 0.407. The molecule has 1 saturated carbocycles. The highest BCUT2D eigenvalue weighted by atomic mass is 32.2. The van der Waals surface area contributed by atoms with Gasteiger partial charge in [0.2, 0.25) is 15.8 Å². The largest absolute Gasteiger partial charge is 0.490 e. The van der Waals surface area contributed by atoms with Crippen LogP contribution >= 0.6 is 0 Å². The van der Waals surface area contributed by atoms with Crippen LogP contribution in [0.2, 0.25) is 0 Å². The van der Waals surface area contributed by atoms with Gasteiger partial charge < -0.3 is 9.47 Å². The van der Waals surface area contributed by atoms with Crippen molar-refractivity contribution < 1.29 is 26.7 Å². The Morgan fingerprint density at radius 1 is 1.21 bits per heavy atom. The van der Waals surface area contributed by atoms with Crippen LogP contribution in [0.5, 0.6) is 5.75 Å². The second kappa shape index (κ2) is 11.2. The molecule has 0 amide bonds. The Morgan fingerprint density at radius 2 is 1.94 bits per heavy atom. The molecule has 1 atom stereocenters. The van der Waals surface area contributed by atoms with E-state index in [2.05, 4.69) is 4.72 Å². The number of aromatic nitrogens is 2. The summed E-state index contributed by atoms with van der Waals surface area (Å²) in [6.07, 6.45) is 2.97. The molecule has 1 unspecified atom stereocenters. The van der Waals surface area contributed by atoms with E-state index in [4.69, 9.17) is 9.47 Å². The number of ether oxygens (including phenoxy) is 2. The second-order valence-corrected chi connectivity index (χ2v) is 10.6. The topological polar surface area (TPSA) is 119 Å². The third-order valence-electron chi connectivity index (χ3n) is 5.36. The lowest BCUT2D eigenvalue weighted by atomic mass is 9.97. The zero-order valence-electron chi connectivity index (χ0n) is 19.1. The first-order chi connectivity index (χ1) is 16.1. The van der Waals surface area contributed by atoms with Gasteiger partial charge in [-0.15, -0.1) is 0 Å². The lowest BCUT2D eigenvalue weighted by Crippen LogP contribution is -2.34. The lowest BCUT2D eigenvalue weighted by molar-refractivity contribution is 0.0736. The second-order valence-electron chi connectivity index (χ2n) is 8.70. The van der Waals surface area contributed by atoms with Gasteiger partial charge in [-0.2, -0.15) is 4.39 Å². The average Bonchev–Trinajstić information content (AvgIpc) is 3.59. The number of nitrogens with one attached hydrogen (secondary N) is 2. The Bertz CT molecular complexity index is 1210. The van der Waals surface area contributed by atoms with E-state index >= 15 is 0 Å². The predicted molar refractivity (Wildman–Crippen MR) is 121 cm³/mol. The molecule has 0 bridgehead atoms. The molecule has 0 saturated heterocycles. The van der Waals surface area contributed by atoms with Crippen molar-refractivity contribution in [2.75, 3.05) is 19.0 Å².